The van der Waals surface area contributed by atoms with Gasteiger partial charge in [-0.25, -0.2) is 27.5 Å². The van der Waals surface area contributed by atoms with Crippen LogP contribution in [0.3, 0.4) is 0 Å². The Kier molecular flexibility index (Phi) is 6.99. The highest BCUT2D eigenvalue weighted by Gasteiger charge is 2.30. The molecule has 2 heterocycles. The highest BCUT2D eigenvalue weighted by Crippen LogP contribution is 2.37. The molecule has 0 saturated heterocycles. The zero-order chi connectivity index (χ0) is 25.3. The molecule has 1 fully saturated rings. The Morgan fingerprint density at radius 3 is 2.46 bits per heavy atom. The van der Waals surface area contributed by atoms with Crippen LogP contribution in [0.5, 0.6) is 0 Å². The molecule has 0 bridgehead atoms. The number of hydrogen-bond donors (Lipinski definition) is 4. The molecule has 0 aliphatic heterocycles. The number of aliphatic hydroxyl groups excluding tert-OH is 1. The van der Waals surface area contributed by atoms with Crippen molar-refractivity contribution in [2.75, 3.05) is 23.8 Å². The average molecular weight is 516 g/mol. The molecule has 0 radical (unpaired) electrons. The molecule has 0 atom stereocenters. The van der Waals surface area contributed by atoms with Crippen molar-refractivity contribution in [2.24, 2.45) is 11.7 Å². The van der Waals surface area contributed by atoms with Gasteiger partial charge in [-0.15, -0.1) is 0 Å². The molecule has 1 amide bonds. The van der Waals surface area contributed by atoms with Crippen LogP contribution in [0.15, 0.2) is 18.3 Å². The third kappa shape index (κ3) is 5.40. The molecule has 0 spiro atoms. The Bertz CT molecular complexity index is 1220. The maximum atomic E-state index is 14.5. The summed E-state index contributed by atoms with van der Waals surface area (Å²) in [6.45, 7) is -2.26. The normalized spacial score (nSPS) is 18.6. The predicted molar refractivity (Wildman–Crippen MR) is 121 cm³/mol. The molecule has 14 heteroatoms. The zero-order valence-electron chi connectivity index (χ0n) is 18.2. The molecule has 0 unspecified atom stereocenters. The first kappa shape index (κ1) is 24.9. The molecule has 1 aliphatic carbocycles. The van der Waals surface area contributed by atoms with Gasteiger partial charge < -0.3 is 21.5 Å². The largest absolute Gasteiger partial charge is 0.390 e. The molecule has 3 aromatic rings. The number of aliphatic hydroxyl groups is 1. The van der Waals surface area contributed by atoms with E-state index in [-0.39, 0.29) is 40.0 Å². The summed E-state index contributed by atoms with van der Waals surface area (Å²) in [6, 6.07) is 1.61. The summed E-state index contributed by atoms with van der Waals surface area (Å²) in [6.07, 6.45) is 3.25. The van der Waals surface area contributed by atoms with Gasteiger partial charge in [0.1, 0.15) is 17.8 Å². The van der Waals surface area contributed by atoms with Crippen LogP contribution in [0.4, 0.5) is 35.1 Å². The molecule has 35 heavy (non-hydrogen) atoms. The lowest BCUT2D eigenvalue weighted by Gasteiger charge is -2.29. The lowest BCUT2D eigenvalue weighted by Crippen LogP contribution is -2.31. The molecule has 9 nitrogen and oxygen atoms in total. The number of carbonyl (C=O) groups excluding carboxylic acids is 1. The molecule has 1 aliphatic rings. The van der Waals surface area contributed by atoms with Crippen LogP contribution in [-0.4, -0.2) is 49.6 Å². The molecule has 1 aromatic carbocycles. The number of hydrogen-bond acceptors (Lipinski definition) is 7. The number of nitrogens with two attached hydrogens (primary N) is 1. The smallest absolute Gasteiger partial charge is 0.287 e. The van der Waals surface area contributed by atoms with Crippen molar-refractivity contribution in [3.63, 3.8) is 0 Å². The van der Waals surface area contributed by atoms with Gasteiger partial charge in [-0.2, -0.15) is 4.98 Å². The fourth-order valence-electron chi connectivity index (χ4n) is 4.07. The van der Waals surface area contributed by atoms with Gasteiger partial charge in [0.2, 0.25) is 17.8 Å². The monoisotopic (exact) mass is 515 g/mol. The maximum Gasteiger partial charge on any atom is 0.287 e. The van der Waals surface area contributed by atoms with Crippen LogP contribution in [0, 0.1) is 17.6 Å². The van der Waals surface area contributed by atoms with Crippen molar-refractivity contribution in [1.29, 1.82) is 0 Å². The van der Waals surface area contributed by atoms with Crippen molar-refractivity contribution in [3.05, 3.63) is 35.0 Å². The number of aromatic nitrogens is 4. The lowest BCUT2D eigenvalue weighted by atomic mass is 9.85. The quantitative estimate of drug-likeness (QED) is 0.336. The third-order valence-electron chi connectivity index (χ3n) is 5.88. The van der Waals surface area contributed by atoms with Crippen LogP contribution in [0.2, 0.25) is 5.02 Å². The van der Waals surface area contributed by atoms with E-state index in [1.54, 1.807) is 4.57 Å². The van der Waals surface area contributed by atoms with Crippen molar-refractivity contribution >= 4 is 46.3 Å². The number of fused-ring (bicyclic) bond motifs is 1. The van der Waals surface area contributed by atoms with Gasteiger partial charge in [0.05, 0.1) is 12.7 Å². The van der Waals surface area contributed by atoms with Gasteiger partial charge in [0, 0.05) is 17.0 Å². The molecule has 4 rings (SSSR count). The number of nitrogens with one attached hydrogen (secondary N) is 2. The fourth-order valence-corrected chi connectivity index (χ4v) is 4.26. The third-order valence-corrected chi connectivity index (χ3v) is 6.10. The number of rotatable bonds is 8. The predicted octanol–water partition coefficient (Wildman–Crippen LogP) is 3.76. The molecular formula is C21H22ClF4N7O2. The molecule has 188 valence electrons. The maximum absolute atomic E-state index is 14.5. The van der Waals surface area contributed by atoms with Crippen LogP contribution in [0.1, 0.15) is 31.7 Å². The molecule has 5 N–H and O–H groups in total. The average Bonchev–Trinajstić information content (AvgIpc) is 3.17. The van der Waals surface area contributed by atoms with E-state index in [0.717, 1.165) is 12.1 Å². The summed E-state index contributed by atoms with van der Waals surface area (Å²) in [5.74, 6) is -6.06. The van der Waals surface area contributed by atoms with Crippen molar-refractivity contribution in [2.45, 2.75) is 37.6 Å². The minimum Gasteiger partial charge on any atom is -0.390 e. The highest BCUT2D eigenvalue weighted by atomic mass is 35.5. The number of benzene rings is 1. The Hall–Kier alpha value is -3.19. The minimum absolute atomic E-state index is 0.0507. The van der Waals surface area contributed by atoms with E-state index < -0.39 is 42.3 Å². The van der Waals surface area contributed by atoms with E-state index in [2.05, 4.69) is 25.6 Å². The molecule has 1 saturated carbocycles. The van der Waals surface area contributed by atoms with Crippen molar-refractivity contribution in [3.8, 4) is 0 Å². The van der Waals surface area contributed by atoms with E-state index in [0.29, 0.717) is 25.7 Å². The van der Waals surface area contributed by atoms with Crippen LogP contribution in [0.25, 0.3) is 11.2 Å². The Labute approximate surface area is 201 Å². The lowest BCUT2D eigenvalue weighted by molar-refractivity contribution is -0.122. The van der Waals surface area contributed by atoms with E-state index in [1.165, 1.54) is 6.20 Å². The van der Waals surface area contributed by atoms with Gasteiger partial charge in [0.15, 0.2) is 17.3 Å². The second-order valence-corrected chi connectivity index (χ2v) is 8.79. The first-order valence-corrected chi connectivity index (χ1v) is 11.1. The topological polar surface area (TPSA) is 131 Å². The number of nitrogens with zero attached hydrogens (tertiary/aromatic N) is 4. The highest BCUT2D eigenvalue weighted by molar-refractivity contribution is 6.30. The number of alkyl halides is 2. The number of anilines is 3. The van der Waals surface area contributed by atoms with E-state index in [9.17, 15) is 22.4 Å². The van der Waals surface area contributed by atoms with E-state index >= 15 is 0 Å². The Balaban J connectivity index is 1.74. The summed E-state index contributed by atoms with van der Waals surface area (Å²) in [5, 5.41) is 13.7. The Morgan fingerprint density at radius 2 is 1.86 bits per heavy atom. The number of carbonyl (C=O) groups is 1. The Morgan fingerprint density at radius 1 is 1.20 bits per heavy atom. The SMILES string of the molecule is NC(=O)[C@H]1CC[C@@H](n2c(Nc3c(F)cc(Cl)cc3F)nc3cnc(NCC(F)(F)CO)nc32)CC1. The second-order valence-electron chi connectivity index (χ2n) is 8.35. The summed E-state index contributed by atoms with van der Waals surface area (Å²) in [5.41, 5.74) is 5.43. The van der Waals surface area contributed by atoms with E-state index in [4.69, 9.17) is 22.4 Å². The van der Waals surface area contributed by atoms with Crippen molar-refractivity contribution in [1.82, 2.24) is 19.5 Å². The minimum atomic E-state index is -3.39. The number of primary amides is 1. The van der Waals surface area contributed by atoms with Crippen LogP contribution >= 0.6 is 11.6 Å². The molecular weight excluding hydrogens is 494 g/mol. The number of imidazole rings is 1. The second kappa shape index (κ2) is 9.82. The van der Waals surface area contributed by atoms with Crippen LogP contribution in [-0.2, 0) is 4.79 Å². The number of halogens is 5. The van der Waals surface area contributed by atoms with Gasteiger partial charge in [-0.05, 0) is 37.8 Å². The van der Waals surface area contributed by atoms with Gasteiger partial charge in [-0.3, -0.25) is 9.36 Å². The van der Waals surface area contributed by atoms with Crippen molar-refractivity contribution < 1.29 is 27.5 Å². The zero-order valence-corrected chi connectivity index (χ0v) is 19.0. The van der Waals surface area contributed by atoms with E-state index in [1.807, 2.05) is 0 Å². The number of amides is 1. The first-order valence-electron chi connectivity index (χ1n) is 10.8. The summed E-state index contributed by atoms with van der Waals surface area (Å²) < 4.78 is 57.5. The summed E-state index contributed by atoms with van der Waals surface area (Å²) >= 11 is 5.71. The van der Waals surface area contributed by atoms with Gasteiger partial charge >= 0.3 is 0 Å². The first-order chi connectivity index (χ1) is 16.6. The van der Waals surface area contributed by atoms with Crippen LogP contribution < -0.4 is 16.4 Å². The summed E-state index contributed by atoms with van der Waals surface area (Å²) in [4.78, 5) is 24.2. The fraction of sp³-hybridized carbons (Fsp3) is 0.429. The standard InChI is InChI=1S/C21H22ClF4N7O2/c22-11-5-13(23)16(14(24)6-11)31-20-30-15-7-28-19(29-8-21(25,26)9-34)32-18(15)33(20)12-3-1-10(2-4-12)17(27)35/h5-7,10,12,34H,1-4,8-9H2,(H2,27,35)(H,30,31)(H,28,29,32)/t10-,12+. The summed E-state index contributed by atoms with van der Waals surface area (Å²) in [7, 11) is 0. The van der Waals surface area contributed by atoms with Gasteiger partial charge in [0.25, 0.3) is 5.92 Å². The van der Waals surface area contributed by atoms with Gasteiger partial charge in [-0.1, -0.05) is 11.6 Å². The molecule has 2 aromatic heterocycles.